The quantitative estimate of drug-likeness (QED) is 0.847. The highest BCUT2D eigenvalue weighted by Gasteiger charge is 2.41. The van der Waals surface area contributed by atoms with Gasteiger partial charge in [-0.15, -0.1) is 0 Å². The number of carbonyl (C=O) groups excluding carboxylic acids is 2. The summed E-state index contributed by atoms with van der Waals surface area (Å²) in [5.41, 5.74) is -0.447. The molecule has 2 rings (SSSR count). The van der Waals surface area contributed by atoms with Gasteiger partial charge in [0.15, 0.2) is 12.2 Å². The van der Waals surface area contributed by atoms with Crippen molar-refractivity contribution in [2.45, 2.75) is 38.6 Å². The van der Waals surface area contributed by atoms with Crippen molar-refractivity contribution in [3.05, 3.63) is 30.1 Å². The fraction of sp³-hybridized carbons (Fsp3) is 0.500. The minimum absolute atomic E-state index is 0.118. The number of nitrogens with zero attached hydrogens (tertiary/aromatic N) is 1. The lowest BCUT2D eigenvalue weighted by Gasteiger charge is -2.34. The Hall–Kier alpha value is -1.99. The Kier molecular flexibility index (Phi) is 5.01. The van der Waals surface area contributed by atoms with Crippen LogP contribution in [-0.4, -0.2) is 47.9 Å². The maximum Gasteiger partial charge on any atom is 0.338 e. The van der Waals surface area contributed by atoms with Crippen LogP contribution < -0.4 is 4.90 Å². The Labute approximate surface area is 133 Å². The molecule has 7 heteroatoms. The molecule has 0 bridgehead atoms. The van der Waals surface area contributed by atoms with E-state index in [-0.39, 0.29) is 13.2 Å². The molecule has 0 aromatic heterocycles. The van der Waals surface area contributed by atoms with Crippen LogP contribution >= 0.6 is 0 Å². The summed E-state index contributed by atoms with van der Waals surface area (Å²) in [5, 5.41) is 10.1. The van der Waals surface area contributed by atoms with Gasteiger partial charge in [0.05, 0.1) is 6.61 Å². The fourth-order valence-corrected chi connectivity index (χ4v) is 2.22. The summed E-state index contributed by atoms with van der Waals surface area (Å²) in [5.74, 6) is -2.02. The van der Waals surface area contributed by atoms with Gasteiger partial charge in [0.25, 0.3) is 5.91 Å². The number of ether oxygens (including phenoxy) is 2. The third kappa shape index (κ3) is 4.27. The average Bonchev–Trinajstić information content (AvgIpc) is 2.45. The molecule has 1 saturated heterocycles. The van der Waals surface area contributed by atoms with Crippen molar-refractivity contribution in [2.24, 2.45) is 0 Å². The number of morpholine rings is 1. The van der Waals surface area contributed by atoms with E-state index in [2.05, 4.69) is 0 Å². The van der Waals surface area contributed by atoms with Crippen LogP contribution in [0.1, 0.15) is 20.8 Å². The van der Waals surface area contributed by atoms with Gasteiger partial charge in [0.1, 0.15) is 11.4 Å². The first kappa shape index (κ1) is 17.4. The molecule has 1 fully saturated rings. The van der Waals surface area contributed by atoms with E-state index in [1.54, 1.807) is 26.8 Å². The molecule has 2 atom stereocenters. The highest BCUT2D eigenvalue weighted by Crippen LogP contribution is 2.22. The van der Waals surface area contributed by atoms with E-state index in [4.69, 9.17) is 9.47 Å². The van der Waals surface area contributed by atoms with Crippen molar-refractivity contribution in [1.82, 2.24) is 0 Å². The number of esters is 1. The minimum Gasteiger partial charge on any atom is -0.458 e. The maximum atomic E-state index is 13.3. The average molecular weight is 325 g/mol. The number of hydrogen-bond acceptors (Lipinski definition) is 5. The van der Waals surface area contributed by atoms with Crippen LogP contribution in [0.3, 0.4) is 0 Å². The largest absolute Gasteiger partial charge is 0.458 e. The third-order valence-corrected chi connectivity index (χ3v) is 3.18. The Morgan fingerprint density at radius 2 is 2.17 bits per heavy atom. The van der Waals surface area contributed by atoms with Gasteiger partial charge >= 0.3 is 5.97 Å². The number of anilines is 1. The lowest BCUT2D eigenvalue weighted by molar-refractivity contribution is -0.177. The van der Waals surface area contributed by atoms with Crippen LogP contribution in [0.2, 0.25) is 0 Å². The number of rotatable bonds is 3. The van der Waals surface area contributed by atoms with Gasteiger partial charge < -0.3 is 19.5 Å². The molecule has 1 heterocycles. The predicted molar refractivity (Wildman–Crippen MR) is 80.3 cm³/mol. The lowest BCUT2D eigenvalue weighted by atomic mass is 10.1. The van der Waals surface area contributed by atoms with Crippen molar-refractivity contribution in [2.75, 3.05) is 18.1 Å². The second-order valence-electron chi connectivity index (χ2n) is 6.24. The van der Waals surface area contributed by atoms with E-state index in [9.17, 15) is 19.1 Å². The van der Waals surface area contributed by atoms with Gasteiger partial charge in [-0.25, -0.2) is 9.18 Å². The summed E-state index contributed by atoms with van der Waals surface area (Å²) in [6, 6.07) is 5.53. The molecule has 1 amide bonds. The topological polar surface area (TPSA) is 76.1 Å². The van der Waals surface area contributed by atoms with Crippen LogP contribution in [0.4, 0.5) is 10.1 Å². The molecular weight excluding hydrogens is 305 g/mol. The summed E-state index contributed by atoms with van der Waals surface area (Å²) in [6.45, 7) is 5.28. The number of amides is 1. The van der Waals surface area contributed by atoms with Crippen molar-refractivity contribution in [1.29, 1.82) is 0 Å². The lowest BCUT2D eigenvalue weighted by Crippen LogP contribution is -2.55. The van der Waals surface area contributed by atoms with E-state index < -0.39 is 35.5 Å². The molecule has 0 saturated carbocycles. The molecule has 0 unspecified atom stereocenters. The fourth-order valence-electron chi connectivity index (χ4n) is 2.22. The van der Waals surface area contributed by atoms with Crippen LogP contribution in [-0.2, 0) is 19.1 Å². The predicted octanol–water partition coefficient (Wildman–Crippen LogP) is 1.26. The SMILES string of the molecule is CC(C)(C)OC(=O)[C@H](O)[C@H]1OCCN(c2cccc(F)c2)C1=O. The van der Waals surface area contributed by atoms with Crippen molar-refractivity contribution in [3.63, 3.8) is 0 Å². The molecule has 1 N–H and O–H groups in total. The summed E-state index contributed by atoms with van der Waals surface area (Å²) in [6.07, 6.45) is -3.11. The first-order valence-electron chi connectivity index (χ1n) is 7.28. The molecule has 0 aliphatic carbocycles. The molecule has 1 aromatic rings. The smallest absolute Gasteiger partial charge is 0.338 e. The van der Waals surface area contributed by atoms with Crippen LogP contribution in [0.15, 0.2) is 24.3 Å². The van der Waals surface area contributed by atoms with Crippen molar-refractivity contribution < 1.29 is 28.6 Å². The normalized spacial score (nSPS) is 20.3. The number of carbonyl (C=O) groups is 2. The molecule has 126 valence electrons. The van der Waals surface area contributed by atoms with Gasteiger partial charge in [0, 0.05) is 12.2 Å². The second kappa shape index (κ2) is 6.64. The van der Waals surface area contributed by atoms with Crippen molar-refractivity contribution in [3.8, 4) is 0 Å². The monoisotopic (exact) mass is 325 g/mol. The molecule has 1 aromatic carbocycles. The Morgan fingerprint density at radius 1 is 1.48 bits per heavy atom. The number of aliphatic hydroxyl groups is 1. The molecular formula is C16H20FNO5. The summed E-state index contributed by atoms with van der Waals surface area (Å²) < 4.78 is 23.6. The molecule has 1 aliphatic rings. The Balaban J connectivity index is 2.15. The van der Waals surface area contributed by atoms with E-state index in [0.717, 1.165) is 0 Å². The molecule has 6 nitrogen and oxygen atoms in total. The van der Waals surface area contributed by atoms with E-state index in [1.807, 2.05) is 0 Å². The number of halogens is 1. The first-order chi connectivity index (χ1) is 10.7. The Bertz CT molecular complexity index is 598. The van der Waals surface area contributed by atoms with Crippen molar-refractivity contribution >= 4 is 17.6 Å². The van der Waals surface area contributed by atoms with Gasteiger partial charge in [-0.3, -0.25) is 4.79 Å². The zero-order chi connectivity index (χ0) is 17.2. The number of aliphatic hydroxyl groups excluding tert-OH is 1. The molecule has 23 heavy (non-hydrogen) atoms. The van der Waals surface area contributed by atoms with Crippen LogP contribution in [0.5, 0.6) is 0 Å². The van der Waals surface area contributed by atoms with E-state index >= 15 is 0 Å². The van der Waals surface area contributed by atoms with Crippen LogP contribution in [0, 0.1) is 5.82 Å². The summed E-state index contributed by atoms with van der Waals surface area (Å²) in [7, 11) is 0. The Morgan fingerprint density at radius 3 is 2.78 bits per heavy atom. The summed E-state index contributed by atoms with van der Waals surface area (Å²) in [4.78, 5) is 25.7. The highest BCUT2D eigenvalue weighted by atomic mass is 19.1. The molecule has 0 spiro atoms. The standard InChI is InChI=1S/C16H20FNO5/c1-16(2,3)23-15(21)12(19)13-14(20)18(7-8-22-13)11-6-4-5-10(17)9-11/h4-6,9,12-13,19H,7-8H2,1-3H3/t12-,13-/m1/s1. The zero-order valence-corrected chi connectivity index (χ0v) is 13.3. The van der Waals surface area contributed by atoms with Gasteiger partial charge in [-0.05, 0) is 39.0 Å². The van der Waals surface area contributed by atoms with Gasteiger partial charge in [0.2, 0.25) is 0 Å². The van der Waals surface area contributed by atoms with Gasteiger partial charge in [-0.2, -0.15) is 0 Å². The third-order valence-electron chi connectivity index (χ3n) is 3.18. The number of benzene rings is 1. The number of hydrogen-bond donors (Lipinski definition) is 1. The minimum atomic E-state index is -1.74. The van der Waals surface area contributed by atoms with E-state index in [0.29, 0.717) is 5.69 Å². The summed E-state index contributed by atoms with van der Waals surface area (Å²) >= 11 is 0. The second-order valence-corrected chi connectivity index (χ2v) is 6.24. The maximum absolute atomic E-state index is 13.3. The van der Waals surface area contributed by atoms with Crippen LogP contribution in [0.25, 0.3) is 0 Å². The van der Waals surface area contributed by atoms with E-state index in [1.165, 1.54) is 23.1 Å². The highest BCUT2D eigenvalue weighted by molar-refractivity contribution is 6.00. The van der Waals surface area contributed by atoms with Gasteiger partial charge in [-0.1, -0.05) is 6.07 Å². The first-order valence-corrected chi connectivity index (χ1v) is 7.28. The zero-order valence-electron chi connectivity index (χ0n) is 13.3. The molecule has 0 radical (unpaired) electrons. The molecule has 1 aliphatic heterocycles.